The van der Waals surface area contributed by atoms with Crippen molar-refractivity contribution in [1.29, 1.82) is 0 Å². The molecule has 6 heteroatoms. The fourth-order valence-electron chi connectivity index (χ4n) is 3.40. The lowest BCUT2D eigenvalue weighted by Crippen LogP contribution is -2.41. The van der Waals surface area contributed by atoms with Gasteiger partial charge in [-0.25, -0.2) is 0 Å². The van der Waals surface area contributed by atoms with Gasteiger partial charge in [-0.1, -0.05) is 39.8 Å². The van der Waals surface area contributed by atoms with Crippen LogP contribution in [0.1, 0.15) is 62.9 Å². The molecule has 0 spiro atoms. The van der Waals surface area contributed by atoms with Gasteiger partial charge in [0, 0.05) is 31.6 Å². The molecule has 158 valence electrons. The topological polar surface area (TPSA) is 61.4 Å². The number of hydrogen-bond donors (Lipinski definition) is 2. The van der Waals surface area contributed by atoms with E-state index >= 15 is 0 Å². The maximum absolute atomic E-state index is 12.4. The third-order valence-corrected chi connectivity index (χ3v) is 5.29. The standard InChI is InChI=1S/C22H35N3O2.ClH/c1-5-23-16-17-11-14-25(15-12-17)20(26)10-13-24-21(27)18-6-8-19(9-7-18)22(2,3)4;/h6-9,17,23H,5,10-16H2,1-4H3,(H,24,27);1H. The van der Waals surface area contributed by atoms with Crippen LogP contribution < -0.4 is 10.6 Å². The molecule has 2 amide bonds. The Labute approximate surface area is 176 Å². The van der Waals surface area contributed by atoms with E-state index in [0.717, 1.165) is 39.0 Å². The highest BCUT2D eigenvalue weighted by Crippen LogP contribution is 2.22. The van der Waals surface area contributed by atoms with Crippen LogP contribution in [-0.2, 0) is 10.2 Å². The first-order chi connectivity index (χ1) is 12.8. The van der Waals surface area contributed by atoms with E-state index in [-0.39, 0.29) is 29.6 Å². The summed E-state index contributed by atoms with van der Waals surface area (Å²) in [7, 11) is 0. The van der Waals surface area contributed by atoms with Crippen molar-refractivity contribution in [2.75, 3.05) is 32.7 Å². The molecule has 0 saturated carbocycles. The first kappa shape index (κ1) is 24.4. The van der Waals surface area contributed by atoms with Crippen molar-refractivity contribution < 1.29 is 9.59 Å². The quantitative estimate of drug-likeness (QED) is 0.725. The predicted octanol–water partition coefficient (Wildman–Crippen LogP) is 3.37. The van der Waals surface area contributed by atoms with E-state index in [4.69, 9.17) is 0 Å². The van der Waals surface area contributed by atoms with Gasteiger partial charge in [-0.2, -0.15) is 0 Å². The number of rotatable bonds is 7. The molecule has 0 aliphatic carbocycles. The van der Waals surface area contributed by atoms with E-state index in [0.29, 0.717) is 24.4 Å². The summed E-state index contributed by atoms with van der Waals surface area (Å²) in [6.07, 6.45) is 2.49. The summed E-state index contributed by atoms with van der Waals surface area (Å²) in [5.74, 6) is 0.692. The highest BCUT2D eigenvalue weighted by molar-refractivity contribution is 5.94. The van der Waals surface area contributed by atoms with Crippen molar-refractivity contribution in [1.82, 2.24) is 15.5 Å². The van der Waals surface area contributed by atoms with E-state index in [2.05, 4.69) is 38.3 Å². The first-order valence-corrected chi connectivity index (χ1v) is 10.2. The molecule has 2 rings (SSSR count). The minimum Gasteiger partial charge on any atom is -0.352 e. The molecule has 0 aromatic heterocycles. The Hall–Kier alpha value is -1.59. The Balaban J connectivity index is 0.00000392. The number of nitrogens with zero attached hydrogens (tertiary/aromatic N) is 1. The summed E-state index contributed by atoms with van der Waals surface area (Å²) in [5.41, 5.74) is 1.91. The minimum atomic E-state index is -0.118. The van der Waals surface area contributed by atoms with E-state index in [1.807, 2.05) is 29.2 Å². The van der Waals surface area contributed by atoms with Gasteiger partial charge in [-0.15, -0.1) is 12.4 Å². The normalized spacial score (nSPS) is 15.1. The molecule has 0 unspecified atom stereocenters. The van der Waals surface area contributed by atoms with Crippen LogP contribution in [0.2, 0.25) is 0 Å². The summed E-state index contributed by atoms with van der Waals surface area (Å²) >= 11 is 0. The molecular formula is C22H36ClN3O2. The maximum atomic E-state index is 12.4. The molecule has 1 heterocycles. The van der Waals surface area contributed by atoms with Gasteiger partial charge < -0.3 is 15.5 Å². The molecule has 0 atom stereocenters. The number of carbonyl (C=O) groups excluding carboxylic acids is 2. The Kier molecular flexibility index (Phi) is 9.97. The fraction of sp³-hybridized carbons (Fsp3) is 0.636. The van der Waals surface area contributed by atoms with Crippen LogP contribution in [0.3, 0.4) is 0 Å². The lowest BCUT2D eigenvalue weighted by atomic mass is 9.87. The monoisotopic (exact) mass is 409 g/mol. The highest BCUT2D eigenvalue weighted by atomic mass is 35.5. The molecule has 1 aromatic carbocycles. The third kappa shape index (κ3) is 7.44. The zero-order valence-corrected chi connectivity index (χ0v) is 18.5. The van der Waals surface area contributed by atoms with Gasteiger partial charge >= 0.3 is 0 Å². The number of amides is 2. The van der Waals surface area contributed by atoms with E-state index in [9.17, 15) is 9.59 Å². The number of piperidine rings is 1. The maximum Gasteiger partial charge on any atom is 0.251 e. The van der Waals surface area contributed by atoms with Gasteiger partial charge in [0.25, 0.3) is 5.91 Å². The summed E-state index contributed by atoms with van der Waals surface area (Å²) in [5, 5.41) is 6.25. The molecule has 2 N–H and O–H groups in total. The zero-order valence-electron chi connectivity index (χ0n) is 17.7. The van der Waals surface area contributed by atoms with Crippen molar-refractivity contribution in [3.8, 4) is 0 Å². The Morgan fingerprint density at radius 2 is 1.71 bits per heavy atom. The summed E-state index contributed by atoms with van der Waals surface area (Å²) in [6, 6.07) is 7.70. The Morgan fingerprint density at radius 1 is 1.11 bits per heavy atom. The summed E-state index contributed by atoms with van der Waals surface area (Å²) < 4.78 is 0. The van der Waals surface area contributed by atoms with Crippen molar-refractivity contribution in [3.05, 3.63) is 35.4 Å². The van der Waals surface area contributed by atoms with Crippen LogP contribution >= 0.6 is 12.4 Å². The number of carbonyl (C=O) groups is 2. The lowest BCUT2D eigenvalue weighted by molar-refractivity contribution is -0.132. The van der Waals surface area contributed by atoms with Gasteiger partial charge in [0.1, 0.15) is 0 Å². The fourth-order valence-corrected chi connectivity index (χ4v) is 3.40. The molecule has 28 heavy (non-hydrogen) atoms. The van der Waals surface area contributed by atoms with Gasteiger partial charge in [0.05, 0.1) is 0 Å². The van der Waals surface area contributed by atoms with Crippen molar-refractivity contribution in [2.45, 2.75) is 52.4 Å². The number of nitrogens with one attached hydrogen (secondary N) is 2. The number of halogens is 1. The molecule has 1 aliphatic rings. The van der Waals surface area contributed by atoms with Crippen LogP contribution in [0.25, 0.3) is 0 Å². The number of benzene rings is 1. The molecule has 0 bridgehead atoms. The highest BCUT2D eigenvalue weighted by Gasteiger charge is 2.22. The van der Waals surface area contributed by atoms with Crippen LogP contribution in [0.15, 0.2) is 24.3 Å². The van der Waals surface area contributed by atoms with Crippen molar-refractivity contribution in [2.24, 2.45) is 5.92 Å². The minimum absolute atomic E-state index is 0. The lowest BCUT2D eigenvalue weighted by Gasteiger charge is -2.32. The van der Waals surface area contributed by atoms with Gasteiger partial charge in [0.15, 0.2) is 0 Å². The van der Waals surface area contributed by atoms with Gasteiger partial charge in [-0.3, -0.25) is 9.59 Å². The number of likely N-dealkylation sites (tertiary alicyclic amines) is 1. The van der Waals surface area contributed by atoms with Crippen molar-refractivity contribution >= 4 is 24.2 Å². The van der Waals surface area contributed by atoms with Crippen LogP contribution in [0, 0.1) is 5.92 Å². The second-order valence-electron chi connectivity index (χ2n) is 8.47. The predicted molar refractivity (Wildman–Crippen MR) is 117 cm³/mol. The summed E-state index contributed by atoms with van der Waals surface area (Å²) in [6.45, 7) is 12.7. The van der Waals surface area contributed by atoms with Crippen LogP contribution in [0.5, 0.6) is 0 Å². The largest absolute Gasteiger partial charge is 0.352 e. The smallest absolute Gasteiger partial charge is 0.251 e. The average molecular weight is 410 g/mol. The van der Waals surface area contributed by atoms with E-state index in [1.165, 1.54) is 5.56 Å². The molecule has 1 saturated heterocycles. The molecule has 1 aromatic rings. The molecule has 0 radical (unpaired) electrons. The second kappa shape index (κ2) is 11.4. The van der Waals surface area contributed by atoms with Crippen LogP contribution in [0.4, 0.5) is 0 Å². The average Bonchev–Trinajstić information content (AvgIpc) is 2.66. The van der Waals surface area contributed by atoms with Gasteiger partial charge in [-0.05, 0) is 55.0 Å². The van der Waals surface area contributed by atoms with Crippen molar-refractivity contribution in [3.63, 3.8) is 0 Å². The molecular weight excluding hydrogens is 374 g/mol. The van der Waals surface area contributed by atoms with E-state index < -0.39 is 0 Å². The molecule has 5 nitrogen and oxygen atoms in total. The summed E-state index contributed by atoms with van der Waals surface area (Å²) in [4.78, 5) is 26.6. The Bertz CT molecular complexity index is 618. The molecule has 1 fully saturated rings. The Morgan fingerprint density at radius 3 is 2.25 bits per heavy atom. The van der Waals surface area contributed by atoms with Crippen LogP contribution in [-0.4, -0.2) is 49.4 Å². The first-order valence-electron chi connectivity index (χ1n) is 10.2. The second-order valence-corrected chi connectivity index (χ2v) is 8.47. The molecule has 1 aliphatic heterocycles. The number of hydrogen-bond acceptors (Lipinski definition) is 3. The SMILES string of the molecule is CCNCC1CCN(C(=O)CCNC(=O)c2ccc(C(C)(C)C)cc2)CC1.Cl. The third-order valence-electron chi connectivity index (χ3n) is 5.29. The van der Waals surface area contributed by atoms with Gasteiger partial charge in [0.2, 0.25) is 5.91 Å². The van der Waals surface area contributed by atoms with E-state index in [1.54, 1.807) is 0 Å². The zero-order chi connectivity index (χ0) is 19.9.